The molecule has 0 saturated heterocycles. The number of aryl methyl sites for hydroxylation is 1. The van der Waals surface area contributed by atoms with E-state index in [9.17, 15) is 0 Å². The molecule has 0 spiro atoms. The van der Waals surface area contributed by atoms with E-state index < -0.39 is 0 Å². The maximum absolute atomic E-state index is 5.90. The Morgan fingerprint density at radius 3 is 2.69 bits per heavy atom. The first-order chi connectivity index (χ1) is 7.72. The summed E-state index contributed by atoms with van der Waals surface area (Å²) in [6.45, 7) is 0. The van der Waals surface area contributed by atoms with E-state index in [-0.39, 0.29) is 0 Å². The van der Waals surface area contributed by atoms with Crippen molar-refractivity contribution in [2.75, 3.05) is 12.8 Å². The number of methoxy groups -OCH3 is 1. The number of hydrogen-bond donors (Lipinski definition) is 1. The first kappa shape index (κ1) is 10.5. The van der Waals surface area contributed by atoms with E-state index in [1.54, 1.807) is 18.0 Å². The molecule has 0 radical (unpaired) electrons. The van der Waals surface area contributed by atoms with Crippen LogP contribution in [-0.4, -0.2) is 16.9 Å². The molecule has 0 bridgehead atoms. The number of benzene rings is 1. The Morgan fingerprint density at radius 1 is 1.31 bits per heavy atom. The molecule has 0 aliphatic rings. The fourth-order valence-electron chi connectivity index (χ4n) is 1.68. The van der Waals surface area contributed by atoms with E-state index in [1.165, 1.54) is 0 Å². The monoisotopic (exact) mass is 217 g/mol. The smallest absolute Gasteiger partial charge is 0.124 e. The van der Waals surface area contributed by atoms with Crippen LogP contribution in [0.5, 0.6) is 5.75 Å². The van der Waals surface area contributed by atoms with Crippen molar-refractivity contribution in [3.8, 4) is 5.75 Å². The average molecular weight is 217 g/mol. The van der Waals surface area contributed by atoms with Crippen LogP contribution in [0.25, 0.3) is 0 Å². The van der Waals surface area contributed by atoms with Gasteiger partial charge in [0.1, 0.15) is 11.6 Å². The molecule has 0 atom stereocenters. The van der Waals surface area contributed by atoms with Crippen LogP contribution < -0.4 is 10.5 Å². The van der Waals surface area contributed by atoms with E-state index in [0.717, 1.165) is 23.3 Å². The summed E-state index contributed by atoms with van der Waals surface area (Å²) >= 11 is 0. The minimum Gasteiger partial charge on any atom is -0.496 e. The number of para-hydroxylation sites is 1. The van der Waals surface area contributed by atoms with Gasteiger partial charge in [-0.05, 0) is 11.6 Å². The largest absolute Gasteiger partial charge is 0.496 e. The molecule has 0 aliphatic heterocycles. The maximum atomic E-state index is 5.90. The molecule has 0 fully saturated rings. The molecule has 0 unspecified atom stereocenters. The third kappa shape index (κ3) is 1.86. The second kappa shape index (κ2) is 4.26. The molecular formula is C12H15N3O. The van der Waals surface area contributed by atoms with Gasteiger partial charge in [0.2, 0.25) is 0 Å². The molecular weight excluding hydrogens is 202 g/mol. The van der Waals surface area contributed by atoms with Crippen LogP contribution in [0.15, 0.2) is 30.5 Å². The molecule has 2 aromatic rings. The lowest BCUT2D eigenvalue weighted by Crippen LogP contribution is -2.00. The molecule has 1 aromatic heterocycles. The fourth-order valence-corrected chi connectivity index (χ4v) is 1.68. The van der Waals surface area contributed by atoms with Crippen molar-refractivity contribution in [1.82, 2.24) is 9.78 Å². The van der Waals surface area contributed by atoms with Crippen molar-refractivity contribution in [3.63, 3.8) is 0 Å². The highest BCUT2D eigenvalue weighted by Crippen LogP contribution is 2.22. The molecule has 0 amide bonds. The number of anilines is 1. The number of ether oxygens (including phenoxy) is 1. The number of nitrogens with two attached hydrogens (primary N) is 1. The zero-order chi connectivity index (χ0) is 11.5. The summed E-state index contributed by atoms with van der Waals surface area (Å²) in [5.74, 6) is 1.58. The Bertz CT molecular complexity index is 491. The van der Waals surface area contributed by atoms with E-state index >= 15 is 0 Å². The lowest BCUT2D eigenvalue weighted by atomic mass is 10.1. The Labute approximate surface area is 94.6 Å². The third-order valence-electron chi connectivity index (χ3n) is 2.64. The summed E-state index contributed by atoms with van der Waals surface area (Å²) in [4.78, 5) is 0. The van der Waals surface area contributed by atoms with Crippen LogP contribution in [0.4, 0.5) is 5.82 Å². The van der Waals surface area contributed by atoms with Crippen LogP contribution in [-0.2, 0) is 13.5 Å². The van der Waals surface area contributed by atoms with Gasteiger partial charge in [0, 0.05) is 19.0 Å². The van der Waals surface area contributed by atoms with Crippen molar-refractivity contribution < 1.29 is 4.74 Å². The van der Waals surface area contributed by atoms with E-state index in [4.69, 9.17) is 10.5 Å². The molecule has 0 saturated carbocycles. The van der Waals surface area contributed by atoms with Crippen molar-refractivity contribution in [2.24, 2.45) is 7.05 Å². The zero-order valence-corrected chi connectivity index (χ0v) is 9.47. The molecule has 4 nitrogen and oxygen atoms in total. The van der Waals surface area contributed by atoms with Crippen LogP contribution in [0.2, 0.25) is 0 Å². The van der Waals surface area contributed by atoms with Gasteiger partial charge in [-0.15, -0.1) is 0 Å². The predicted molar refractivity (Wildman–Crippen MR) is 63.4 cm³/mol. The zero-order valence-electron chi connectivity index (χ0n) is 9.47. The van der Waals surface area contributed by atoms with E-state index in [2.05, 4.69) is 5.10 Å². The molecule has 16 heavy (non-hydrogen) atoms. The Kier molecular flexibility index (Phi) is 2.81. The number of hydrogen-bond acceptors (Lipinski definition) is 3. The first-order valence-corrected chi connectivity index (χ1v) is 5.10. The summed E-state index contributed by atoms with van der Waals surface area (Å²) < 4.78 is 6.97. The van der Waals surface area contributed by atoms with Gasteiger partial charge in [-0.25, -0.2) is 0 Å². The highest BCUT2D eigenvalue weighted by atomic mass is 16.5. The molecule has 0 aliphatic carbocycles. The lowest BCUT2D eigenvalue weighted by molar-refractivity contribution is 0.410. The van der Waals surface area contributed by atoms with Gasteiger partial charge in [-0.2, -0.15) is 5.10 Å². The van der Waals surface area contributed by atoms with Gasteiger partial charge in [-0.3, -0.25) is 4.68 Å². The lowest BCUT2D eigenvalue weighted by Gasteiger charge is -2.07. The summed E-state index contributed by atoms with van der Waals surface area (Å²) in [6, 6.07) is 7.92. The van der Waals surface area contributed by atoms with Crippen molar-refractivity contribution >= 4 is 5.82 Å². The predicted octanol–water partition coefficient (Wildman–Crippen LogP) is 1.60. The quantitative estimate of drug-likeness (QED) is 0.849. The van der Waals surface area contributed by atoms with Gasteiger partial charge in [-0.1, -0.05) is 18.2 Å². The fraction of sp³-hybridized carbons (Fsp3) is 0.250. The highest BCUT2D eigenvalue weighted by molar-refractivity contribution is 5.45. The maximum Gasteiger partial charge on any atom is 0.124 e. The van der Waals surface area contributed by atoms with E-state index in [1.807, 2.05) is 31.3 Å². The number of rotatable bonds is 3. The topological polar surface area (TPSA) is 53.1 Å². The van der Waals surface area contributed by atoms with Crippen molar-refractivity contribution in [1.29, 1.82) is 0 Å². The normalized spacial score (nSPS) is 10.4. The molecule has 1 aromatic carbocycles. The van der Waals surface area contributed by atoms with Crippen molar-refractivity contribution in [3.05, 3.63) is 41.6 Å². The molecule has 4 heteroatoms. The van der Waals surface area contributed by atoms with E-state index in [0.29, 0.717) is 5.82 Å². The minimum absolute atomic E-state index is 0.700. The van der Waals surface area contributed by atoms with Gasteiger partial charge in [0.15, 0.2) is 0 Å². The van der Waals surface area contributed by atoms with Crippen LogP contribution >= 0.6 is 0 Å². The second-order valence-corrected chi connectivity index (χ2v) is 3.67. The average Bonchev–Trinajstić information content (AvgIpc) is 2.62. The van der Waals surface area contributed by atoms with Gasteiger partial charge < -0.3 is 10.5 Å². The SMILES string of the molecule is COc1ccccc1Cc1cnn(C)c1N. The highest BCUT2D eigenvalue weighted by Gasteiger charge is 2.08. The summed E-state index contributed by atoms with van der Waals surface area (Å²) in [7, 11) is 3.51. The first-order valence-electron chi connectivity index (χ1n) is 5.10. The summed E-state index contributed by atoms with van der Waals surface area (Å²) in [5, 5.41) is 4.12. The molecule has 84 valence electrons. The van der Waals surface area contributed by atoms with Crippen molar-refractivity contribution in [2.45, 2.75) is 6.42 Å². The summed E-state index contributed by atoms with van der Waals surface area (Å²) in [5.41, 5.74) is 8.04. The Hall–Kier alpha value is -1.97. The number of aromatic nitrogens is 2. The molecule has 1 heterocycles. The summed E-state index contributed by atoms with van der Waals surface area (Å²) in [6.07, 6.45) is 2.53. The number of nitrogens with zero attached hydrogens (tertiary/aromatic N) is 2. The van der Waals surface area contributed by atoms with Gasteiger partial charge in [0.25, 0.3) is 0 Å². The number of nitrogen functional groups attached to an aromatic ring is 1. The standard InChI is InChI=1S/C12H15N3O/c1-15-12(13)10(8-14-15)7-9-5-3-4-6-11(9)16-2/h3-6,8H,7,13H2,1-2H3. The molecule has 2 rings (SSSR count). The Balaban J connectivity index is 2.30. The van der Waals surface area contributed by atoms with Crippen LogP contribution in [0, 0.1) is 0 Å². The van der Waals surface area contributed by atoms with Crippen LogP contribution in [0.1, 0.15) is 11.1 Å². The Morgan fingerprint density at radius 2 is 2.06 bits per heavy atom. The third-order valence-corrected chi connectivity index (χ3v) is 2.64. The van der Waals surface area contributed by atoms with Crippen LogP contribution in [0.3, 0.4) is 0 Å². The van der Waals surface area contributed by atoms with Gasteiger partial charge >= 0.3 is 0 Å². The minimum atomic E-state index is 0.700. The molecule has 2 N–H and O–H groups in total. The second-order valence-electron chi connectivity index (χ2n) is 3.67. The van der Waals surface area contributed by atoms with Gasteiger partial charge in [0.05, 0.1) is 13.3 Å².